The lowest BCUT2D eigenvalue weighted by Gasteiger charge is -2.29. The molecule has 1 fully saturated rings. The van der Waals surface area contributed by atoms with Crippen molar-refractivity contribution in [3.05, 3.63) is 23.4 Å². The van der Waals surface area contributed by atoms with E-state index >= 15 is 0 Å². The van der Waals surface area contributed by atoms with Crippen molar-refractivity contribution in [1.82, 2.24) is 9.88 Å². The lowest BCUT2D eigenvalue weighted by molar-refractivity contribution is 0.281. The number of likely N-dealkylation sites (N-methyl/N-ethyl adjacent to an activating group) is 1. The van der Waals surface area contributed by atoms with Crippen LogP contribution in [0.1, 0.15) is 31.5 Å². The van der Waals surface area contributed by atoms with Crippen LogP contribution in [0.4, 0.5) is 5.82 Å². The van der Waals surface area contributed by atoms with Gasteiger partial charge in [-0.15, -0.1) is 0 Å². The van der Waals surface area contributed by atoms with Crippen LogP contribution in [0.2, 0.25) is 0 Å². The third-order valence-electron chi connectivity index (χ3n) is 3.81. The van der Waals surface area contributed by atoms with Gasteiger partial charge in [0.25, 0.3) is 0 Å². The van der Waals surface area contributed by atoms with E-state index in [4.69, 9.17) is 4.98 Å². The molecule has 2 heterocycles. The number of pyridine rings is 1. The third kappa shape index (κ3) is 3.45. The largest absolute Gasteiger partial charge is 0.392 e. The van der Waals surface area contributed by atoms with Gasteiger partial charge in [-0.05, 0) is 51.1 Å². The molecular weight excluding hydrogens is 238 g/mol. The summed E-state index contributed by atoms with van der Waals surface area (Å²) in [5.74, 6) is 1.02. The molecule has 1 atom stereocenters. The lowest BCUT2D eigenvalue weighted by atomic mass is 10.2. The van der Waals surface area contributed by atoms with Gasteiger partial charge >= 0.3 is 0 Å². The van der Waals surface area contributed by atoms with Crippen LogP contribution in [0.15, 0.2) is 12.1 Å². The second-order valence-corrected chi connectivity index (χ2v) is 5.49. The van der Waals surface area contributed by atoms with Crippen LogP contribution in [-0.2, 0) is 13.0 Å². The summed E-state index contributed by atoms with van der Waals surface area (Å²) in [7, 11) is 2.18. The second kappa shape index (κ2) is 6.35. The Balaban J connectivity index is 2.28. The van der Waals surface area contributed by atoms with Crippen LogP contribution in [0.3, 0.4) is 0 Å². The Hall–Kier alpha value is -1.13. The van der Waals surface area contributed by atoms with E-state index in [1.165, 1.54) is 0 Å². The quantitative estimate of drug-likeness (QED) is 0.900. The number of aliphatic hydroxyl groups excluding tert-OH is 1. The van der Waals surface area contributed by atoms with Crippen molar-refractivity contribution in [3.63, 3.8) is 0 Å². The predicted molar refractivity (Wildman–Crippen MR) is 78.5 cm³/mol. The minimum Gasteiger partial charge on any atom is -0.392 e. The zero-order valence-electron chi connectivity index (χ0n) is 12.3. The summed E-state index contributed by atoms with van der Waals surface area (Å²) < 4.78 is 0. The Morgan fingerprint density at radius 3 is 2.84 bits per heavy atom. The first-order valence-electron chi connectivity index (χ1n) is 7.20. The highest BCUT2D eigenvalue weighted by atomic mass is 16.3. The zero-order valence-corrected chi connectivity index (χ0v) is 12.3. The molecule has 0 aromatic carbocycles. The zero-order chi connectivity index (χ0) is 13.8. The van der Waals surface area contributed by atoms with Crippen molar-refractivity contribution in [3.8, 4) is 0 Å². The molecule has 0 saturated carbocycles. The summed E-state index contributed by atoms with van der Waals surface area (Å²) in [6, 6.07) is 4.48. The van der Waals surface area contributed by atoms with Crippen molar-refractivity contribution in [2.45, 2.75) is 39.3 Å². The fourth-order valence-electron chi connectivity index (χ4n) is 2.77. The average molecular weight is 263 g/mol. The SMILES string of the molecule is CCc1cc(CO)cc(N2CCCN(C)CC2C)n1. The molecule has 1 saturated heterocycles. The highest BCUT2D eigenvalue weighted by Crippen LogP contribution is 2.20. The Kier molecular flexibility index (Phi) is 4.77. The maximum Gasteiger partial charge on any atom is 0.129 e. The van der Waals surface area contributed by atoms with Crippen LogP contribution in [0, 0.1) is 0 Å². The number of aromatic nitrogens is 1. The van der Waals surface area contributed by atoms with Gasteiger partial charge in [0.2, 0.25) is 0 Å². The van der Waals surface area contributed by atoms with Crippen molar-refractivity contribution in [2.24, 2.45) is 0 Å². The summed E-state index contributed by atoms with van der Waals surface area (Å²) in [6.07, 6.45) is 2.07. The van der Waals surface area contributed by atoms with Crippen molar-refractivity contribution in [1.29, 1.82) is 0 Å². The number of aryl methyl sites for hydroxylation is 1. The molecule has 0 aliphatic carbocycles. The minimum atomic E-state index is 0.0879. The maximum atomic E-state index is 9.39. The molecule has 1 aliphatic heterocycles. The first-order chi connectivity index (χ1) is 9.13. The Labute approximate surface area is 116 Å². The third-order valence-corrected chi connectivity index (χ3v) is 3.81. The number of aliphatic hydroxyl groups is 1. The van der Waals surface area contributed by atoms with Gasteiger partial charge in [0, 0.05) is 24.8 Å². The smallest absolute Gasteiger partial charge is 0.129 e. The minimum absolute atomic E-state index is 0.0879. The molecular formula is C15H25N3O. The average Bonchev–Trinajstić information content (AvgIpc) is 2.58. The van der Waals surface area contributed by atoms with E-state index in [1.807, 2.05) is 12.1 Å². The van der Waals surface area contributed by atoms with Gasteiger partial charge in [0.15, 0.2) is 0 Å². The normalized spacial score (nSPS) is 21.5. The molecule has 0 bridgehead atoms. The molecule has 106 valence electrons. The molecule has 0 spiro atoms. The van der Waals surface area contributed by atoms with E-state index in [0.717, 1.165) is 49.6 Å². The summed E-state index contributed by atoms with van der Waals surface area (Å²) in [5, 5.41) is 9.39. The number of rotatable bonds is 3. The van der Waals surface area contributed by atoms with Crippen molar-refractivity contribution >= 4 is 5.82 Å². The number of hydrogen-bond donors (Lipinski definition) is 1. The summed E-state index contributed by atoms with van der Waals surface area (Å²) in [5.41, 5.74) is 2.03. The fraction of sp³-hybridized carbons (Fsp3) is 0.667. The fourth-order valence-corrected chi connectivity index (χ4v) is 2.77. The summed E-state index contributed by atoms with van der Waals surface area (Å²) >= 11 is 0. The number of anilines is 1. The van der Waals surface area contributed by atoms with Gasteiger partial charge in [-0.25, -0.2) is 4.98 Å². The number of nitrogens with zero attached hydrogens (tertiary/aromatic N) is 3. The Morgan fingerprint density at radius 2 is 2.16 bits per heavy atom. The Bertz CT molecular complexity index is 400. The van der Waals surface area contributed by atoms with E-state index in [1.54, 1.807) is 0 Å². The maximum absolute atomic E-state index is 9.39. The van der Waals surface area contributed by atoms with E-state index in [-0.39, 0.29) is 6.61 Å². The topological polar surface area (TPSA) is 39.6 Å². The van der Waals surface area contributed by atoms with Crippen molar-refractivity contribution in [2.75, 3.05) is 31.6 Å². The van der Waals surface area contributed by atoms with Crippen LogP contribution < -0.4 is 4.90 Å². The molecule has 0 amide bonds. The van der Waals surface area contributed by atoms with Gasteiger partial charge in [-0.1, -0.05) is 6.92 Å². The first kappa shape index (κ1) is 14.3. The molecule has 1 aliphatic rings. The lowest BCUT2D eigenvalue weighted by Crippen LogP contribution is -2.38. The summed E-state index contributed by atoms with van der Waals surface area (Å²) in [4.78, 5) is 9.49. The molecule has 1 N–H and O–H groups in total. The molecule has 1 aromatic heterocycles. The summed E-state index contributed by atoms with van der Waals surface area (Å²) in [6.45, 7) is 7.68. The van der Waals surface area contributed by atoms with E-state index < -0.39 is 0 Å². The standard InChI is InChI=1S/C15H25N3O/c1-4-14-8-13(11-19)9-15(16-14)18-7-5-6-17(3)10-12(18)2/h8-9,12,19H,4-7,10-11H2,1-3H3. The first-order valence-corrected chi connectivity index (χ1v) is 7.20. The molecule has 4 heteroatoms. The second-order valence-electron chi connectivity index (χ2n) is 5.49. The van der Waals surface area contributed by atoms with E-state index in [0.29, 0.717) is 6.04 Å². The molecule has 2 rings (SSSR count). The van der Waals surface area contributed by atoms with Gasteiger partial charge in [-0.3, -0.25) is 0 Å². The molecule has 1 aromatic rings. The van der Waals surface area contributed by atoms with Crippen LogP contribution >= 0.6 is 0 Å². The van der Waals surface area contributed by atoms with E-state index in [9.17, 15) is 5.11 Å². The van der Waals surface area contributed by atoms with Gasteiger partial charge in [0.05, 0.1) is 6.61 Å². The van der Waals surface area contributed by atoms with Crippen LogP contribution in [0.5, 0.6) is 0 Å². The van der Waals surface area contributed by atoms with Gasteiger partial charge in [0.1, 0.15) is 5.82 Å². The molecule has 0 radical (unpaired) electrons. The van der Waals surface area contributed by atoms with E-state index in [2.05, 4.69) is 30.7 Å². The van der Waals surface area contributed by atoms with Gasteiger partial charge in [-0.2, -0.15) is 0 Å². The van der Waals surface area contributed by atoms with Crippen LogP contribution in [0.25, 0.3) is 0 Å². The molecule has 19 heavy (non-hydrogen) atoms. The van der Waals surface area contributed by atoms with Crippen molar-refractivity contribution < 1.29 is 5.11 Å². The molecule has 1 unspecified atom stereocenters. The predicted octanol–water partition coefficient (Wildman–Crippen LogP) is 1.67. The monoisotopic (exact) mass is 263 g/mol. The molecule has 4 nitrogen and oxygen atoms in total. The van der Waals surface area contributed by atoms with Crippen LogP contribution in [-0.4, -0.2) is 47.7 Å². The van der Waals surface area contributed by atoms with Gasteiger partial charge < -0.3 is 14.9 Å². The highest BCUT2D eigenvalue weighted by molar-refractivity contribution is 5.44. The highest BCUT2D eigenvalue weighted by Gasteiger charge is 2.21. The Morgan fingerprint density at radius 1 is 1.37 bits per heavy atom. The number of hydrogen-bond acceptors (Lipinski definition) is 4.